The summed E-state index contributed by atoms with van der Waals surface area (Å²) in [5, 5.41) is 17.2. The predicted octanol–water partition coefficient (Wildman–Crippen LogP) is 4.27. The second-order valence-electron chi connectivity index (χ2n) is 6.63. The average Bonchev–Trinajstić information content (AvgIpc) is 3.09. The molecule has 0 amide bonds. The summed E-state index contributed by atoms with van der Waals surface area (Å²) >= 11 is 5.00. The van der Waals surface area contributed by atoms with Gasteiger partial charge in [-0.2, -0.15) is 11.3 Å². The van der Waals surface area contributed by atoms with Gasteiger partial charge in [0, 0.05) is 23.1 Å². The fourth-order valence-corrected chi connectivity index (χ4v) is 5.26. The van der Waals surface area contributed by atoms with Crippen molar-refractivity contribution in [2.45, 2.75) is 31.7 Å². The van der Waals surface area contributed by atoms with Gasteiger partial charge in [0.2, 0.25) is 0 Å². The minimum Gasteiger partial charge on any atom is -0.481 e. The van der Waals surface area contributed by atoms with Crippen LogP contribution in [0.3, 0.4) is 0 Å². The van der Waals surface area contributed by atoms with Crippen molar-refractivity contribution in [1.29, 1.82) is 0 Å². The maximum Gasteiger partial charge on any atom is 0.308 e. The number of nitrogens with one attached hydrogen (secondary N) is 1. The van der Waals surface area contributed by atoms with Gasteiger partial charge in [-0.15, -0.1) is 0 Å². The number of anilines is 1. The van der Waals surface area contributed by atoms with Crippen molar-refractivity contribution < 1.29 is 9.90 Å². The fraction of sp³-hybridized carbons (Fsp3) is 0.471. The van der Waals surface area contributed by atoms with Crippen molar-refractivity contribution in [2.75, 3.05) is 5.32 Å². The van der Waals surface area contributed by atoms with Crippen LogP contribution in [0.25, 0.3) is 11.3 Å². The molecule has 2 unspecified atom stereocenters. The van der Waals surface area contributed by atoms with E-state index in [1.165, 1.54) is 0 Å². The number of hydrogen-bond acceptors (Lipinski definition) is 5. The van der Waals surface area contributed by atoms with E-state index in [9.17, 15) is 9.90 Å². The van der Waals surface area contributed by atoms with Gasteiger partial charge in [0.1, 0.15) is 5.82 Å². The molecule has 2 aromatic heterocycles. The molecular formula is C17H18BrN3O2S. The Balaban J connectivity index is 1.63. The van der Waals surface area contributed by atoms with Crippen molar-refractivity contribution in [1.82, 2.24) is 9.97 Å². The Morgan fingerprint density at radius 1 is 1.25 bits per heavy atom. The van der Waals surface area contributed by atoms with Crippen LogP contribution in [0.4, 0.5) is 5.82 Å². The summed E-state index contributed by atoms with van der Waals surface area (Å²) in [5.74, 6) is 0.381. The lowest BCUT2D eigenvalue weighted by Gasteiger charge is -2.47. The van der Waals surface area contributed by atoms with Gasteiger partial charge in [0.05, 0.1) is 11.6 Å². The second kappa shape index (κ2) is 6.44. The molecule has 2 bridgehead atoms. The van der Waals surface area contributed by atoms with E-state index in [1.54, 1.807) is 11.3 Å². The zero-order valence-corrected chi connectivity index (χ0v) is 15.4. The van der Waals surface area contributed by atoms with Gasteiger partial charge >= 0.3 is 5.97 Å². The van der Waals surface area contributed by atoms with Gasteiger partial charge < -0.3 is 10.4 Å². The van der Waals surface area contributed by atoms with Gasteiger partial charge in [-0.3, -0.25) is 4.79 Å². The average molecular weight is 408 g/mol. The van der Waals surface area contributed by atoms with E-state index in [0.717, 1.165) is 36.9 Å². The quantitative estimate of drug-likeness (QED) is 0.740. The number of aliphatic carboxylic acids is 1. The van der Waals surface area contributed by atoms with Gasteiger partial charge in [0.25, 0.3) is 0 Å². The van der Waals surface area contributed by atoms with E-state index in [0.29, 0.717) is 16.5 Å². The Labute approximate surface area is 152 Å². The Kier molecular flexibility index (Phi) is 4.30. The summed E-state index contributed by atoms with van der Waals surface area (Å²) in [7, 11) is 0. The molecule has 0 saturated heterocycles. The Bertz CT molecular complexity index is 744. The predicted molar refractivity (Wildman–Crippen MR) is 97.0 cm³/mol. The summed E-state index contributed by atoms with van der Waals surface area (Å²) in [6, 6.07) is 3.88. The Morgan fingerprint density at radius 2 is 2.00 bits per heavy atom. The topological polar surface area (TPSA) is 75.1 Å². The smallest absolute Gasteiger partial charge is 0.308 e. The Hall–Kier alpha value is -1.47. The highest BCUT2D eigenvalue weighted by Crippen LogP contribution is 2.46. The summed E-state index contributed by atoms with van der Waals surface area (Å²) in [6.45, 7) is 0. The first kappa shape index (κ1) is 16.0. The summed E-state index contributed by atoms with van der Waals surface area (Å²) in [5.41, 5.74) is 1.89. The molecule has 0 aromatic carbocycles. The third-order valence-corrected chi connectivity index (χ3v) is 6.37. The molecule has 3 aliphatic rings. The first-order valence-corrected chi connectivity index (χ1v) is 9.92. The van der Waals surface area contributed by atoms with Crippen LogP contribution < -0.4 is 5.32 Å². The molecular weight excluding hydrogens is 390 g/mol. The molecule has 3 saturated carbocycles. The molecule has 2 N–H and O–H groups in total. The molecule has 3 aliphatic carbocycles. The second-order valence-corrected chi connectivity index (χ2v) is 8.12. The van der Waals surface area contributed by atoms with E-state index in [1.807, 2.05) is 22.9 Å². The van der Waals surface area contributed by atoms with Gasteiger partial charge in [-0.25, -0.2) is 9.97 Å². The van der Waals surface area contributed by atoms with Gasteiger partial charge in [0.15, 0.2) is 4.73 Å². The van der Waals surface area contributed by atoms with Crippen molar-refractivity contribution in [3.05, 3.63) is 27.6 Å². The number of aromatic nitrogens is 2. The highest BCUT2D eigenvalue weighted by molar-refractivity contribution is 9.10. The van der Waals surface area contributed by atoms with Crippen LogP contribution >= 0.6 is 27.3 Å². The maximum absolute atomic E-state index is 11.8. The van der Waals surface area contributed by atoms with Crippen molar-refractivity contribution in [3.8, 4) is 11.3 Å². The fourth-order valence-electron chi connectivity index (χ4n) is 4.23. The number of hydrogen-bond donors (Lipinski definition) is 2. The summed E-state index contributed by atoms with van der Waals surface area (Å²) in [4.78, 5) is 20.6. The lowest BCUT2D eigenvalue weighted by molar-refractivity contribution is -0.148. The van der Waals surface area contributed by atoms with Crippen molar-refractivity contribution in [2.24, 2.45) is 17.8 Å². The molecule has 3 fully saturated rings. The number of carboxylic acids is 1. The number of rotatable bonds is 4. The van der Waals surface area contributed by atoms with Crippen LogP contribution in [0.2, 0.25) is 0 Å². The number of thiophene rings is 1. The van der Waals surface area contributed by atoms with Crippen LogP contribution in [-0.2, 0) is 4.79 Å². The molecule has 2 heterocycles. The third kappa shape index (κ3) is 2.95. The number of halogens is 1. The molecule has 5 rings (SSSR count). The van der Waals surface area contributed by atoms with E-state index >= 15 is 0 Å². The first-order valence-electron chi connectivity index (χ1n) is 8.18. The van der Waals surface area contributed by atoms with Crippen LogP contribution in [0.15, 0.2) is 27.6 Å². The van der Waals surface area contributed by atoms with Crippen LogP contribution in [-0.4, -0.2) is 27.1 Å². The van der Waals surface area contributed by atoms with Crippen LogP contribution in [0.1, 0.15) is 25.7 Å². The monoisotopic (exact) mass is 407 g/mol. The van der Waals surface area contributed by atoms with E-state index in [-0.39, 0.29) is 17.9 Å². The van der Waals surface area contributed by atoms with Crippen LogP contribution in [0, 0.1) is 17.8 Å². The number of fused-ring (bicyclic) bond motifs is 3. The summed E-state index contributed by atoms with van der Waals surface area (Å²) in [6.07, 6.45) is 4.28. The van der Waals surface area contributed by atoms with E-state index < -0.39 is 5.97 Å². The zero-order chi connectivity index (χ0) is 16.7. The first-order chi connectivity index (χ1) is 11.6. The maximum atomic E-state index is 11.8. The van der Waals surface area contributed by atoms with Crippen molar-refractivity contribution in [3.63, 3.8) is 0 Å². The molecule has 126 valence electrons. The minimum absolute atomic E-state index is 0.0490. The highest BCUT2D eigenvalue weighted by Gasteiger charge is 2.47. The molecule has 2 atom stereocenters. The van der Waals surface area contributed by atoms with E-state index in [2.05, 4.69) is 31.2 Å². The SMILES string of the molecule is O=C(O)C1C2CCC(CC2)C1Nc1cc(-c2ccsc2)nc(Br)n1. The highest BCUT2D eigenvalue weighted by atomic mass is 79.9. The van der Waals surface area contributed by atoms with E-state index in [4.69, 9.17) is 0 Å². The Morgan fingerprint density at radius 3 is 2.67 bits per heavy atom. The number of carboxylic acid groups (broad SMARTS) is 1. The molecule has 0 radical (unpaired) electrons. The number of carbonyl (C=O) groups is 1. The largest absolute Gasteiger partial charge is 0.481 e. The normalized spacial score (nSPS) is 28.7. The minimum atomic E-state index is -0.687. The van der Waals surface area contributed by atoms with Gasteiger partial charge in [-0.1, -0.05) is 0 Å². The summed E-state index contributed by atoms with van der Waals surface area (Å²) < 4.78 is 0.515. The molecule has 24 heavy (non-hydrogen) atoms. The standard InChI is InChI=1S/C17H18BrN3O2S/c18-17-19-12(11-5-6-24-8-11)7-13(21-17)20-15-10-3-1-9(2-4-10)14(15)16(22)23/h5-10,14-15H,1-4H2,(H,22,23)(H,19,20,21). The van der Waals surface area contributed by atoms with Crippen LogP contribution in [0.5, 0.6) is 0 Å². The molecule has 0 spiro atoms. The molecule has 2 aromatic rings. The lowest BCUT2D eigenvalue weighted by Crippen LogP contribution is -2.51. The van der Waals surface area contributed by atoms with Gasteiger partial charge in [-0.05, 0) is 64.9 Å². The zero-order valence-electron chi connectivity index (χ0n) is 13.0. The molecule has 7 heteroatoms. The third-order valence-electron chi connectivity index (χ3n) is 5.33. The lowest BCUT2D eigenvalue weighted by atomic mass is 9.61. The number of nitrogens with zero attached hydrogens (tertiary/aromatic N) is 2. The molecule has 5 nitrogen and oxygen atoms in total. The molecule has 0 aliphatic heterocycles. The van der Waals surface area contributed by atoms with Crippen molar-refractivity contribution >= 4 is 39.1 Å².